The van der Waals surface area contributed by atoms with Gasteiger partial charge in [0.2, 0.25) is 0 Å². The van der Waals surface area contributed by atoms with Gasteiger partial charge in [0.15, 0.2) is 0 Å². The average Bonchev–Trinajstić information content (AvgIpc) is 2.80. The van der Waals surface area contributed by atoms with Crippen molar-refractivity contribution in [2.75, 3.05) is 0 Å². The van der Waals surface area contributed by atoms with Gasteiger partial charge in [-0.3, -0.25) is 0 Å². The molecule has 0 amide bonds. The zero-order valence-electron chi connectivity index (χ0n) is 15.1. The van der Waals surface area contributed by atoms with Gasteiger partial charge in [0.05, 0.1) is 17.8 Å². The average molecular weight is 334 g/mol. The first-order valence-electron chi connectivity index (χ1n) is 9.23. The maximum absolute atomic E-state index is 12.0. The number of hydrogen-bond acceptors (Lipinski definition) is 4. The molecule has 0 radical (unpaired) electrons. The number of aliphatic hydroxyl groups is 1. The van der Waals surface area contributed by atoms with E-state index >= 15 is 0 Å². The Morgan fingerprint density at radius 1 is 1.38 bits per heavy atom. The minimum Gasteiger partial charge on any atom is -0.456 e. The fraction of sp³-hybridized carbons (Fsp3) is 0.750. The molecule has 0 aromatic rings. The van der Waals surface area contributed by atoms with Crippen molar-refractivity contribution < 1.29 is 19.4 Å². The second-order valence-electron chi connectivity index (χ2n) is 8.14. The Morgan fingerprint density at radius 2 is 2.12 bits per heavy atom. The van der Waals surface area contributed by atoms with Gasteiger partial charge >= 0.3 is 5.97 Å². The summed E-state index contributed by atoms with van der Waals surface area (Å²) in [6.45, 7) is 10.1. The van der Waals surface area contributed by atoms with Gasteiger partial charge in [0.25, 0.3) is 0 Å². The third kappa shape index (κ3) is 3.31. The van der Waals surface area contributed by atoms with Gasteiger partial charge in [-0.05, 0) is 58.3 Å². The summed E-state index contributed by atoms with van der Waals surface area (Å²) in [5.41, 5.74) is 1.04. The topological polar surface area (TPSA) is 55.8 Å². The van der Waals surface area contributed by atoms with Gasteiger partial charge in [0.1, 0.15) is 6.10 Å². The third-order valence-corrected chi connectivity index (χ3v) is 6.09. The van der Waals surface area contributed by atoms with Crippen molar-refractivity contribution in [1.29, 1.82) is 0 Å². The monoisotopic (exact) mass is 334 g/mol. The SMILES string of the molecule is C=C1C(=O)O[C@H]2[C@H]3O[C@@H](C[C@@H]12)[C@](C)(O)CCC/C(C)=C/CC[C@H]3C. The lowest BCUT2D eigenvalue weighted by molar-refractivity contribution is -0.208. The molecule has 0 saturated carbocycles. The number of carbonyl (C=O) groups is 1. The molecule has 6 atom stereocenters. The van der Waals surface area contributed by atoms with E-state index < -0.39 is 5.60 Å². The Morgan fingerprint density at radius 3 is 2.88 bits per heavy atom. The number of rotatable bonds is 0. The van der Waals surface area contributed by atoms with Crippen LogP contribution in [-0.4, -0.2) is 35.0 Å². The van der Waals surface area contributed by atoms with Crippen molar-refractivity contribution >= 4 is 5.97 Å². The summed E-state index contributed by atoms with van der Waals surface area (Å²) in [7, 11) is 0. The number of ether oxygens (including phenoxy) is 2. The first-order valence-corrected chi connectivity index (χ1v) is 9.23. The van der Waals surface area contributed by atoms with Crippen LogP contribution in [0, 0.1) is 11.8 Å². The Bertz CT molecular complexity index is 548. The molecule has 2 fully saturated rings. The largest absolute Gasteiger partial charge is 0.456 e. The van der Waals surface area contributed by atoms with E-state index in [1.807, 2.05) is 6.92 Å². The van der Waals surface area contributed by atoms with Crippen molar-refractivity contribution in [2.24, 2.45) is 11.8 Å². The third-order valence-electron chi connectivity index (χ3n) is 6.09. The molecule has 0 aromatic heterocycles. The van der Waals surface area contributed by atoms with Gasteiger partial charge in [-0.25, -0.2) is 4.79 Å². The van der Waals surface area contributed by atoms with Crippen LogP contribution in [0.4, 0.5) is 0 Å². The Labute approximate surface area is 144 Å². The number of fused-ring (bicyclic) bond motifs is 4. The first kappa shape index (κ1) is 17.7. The van der Waals surface area contributed by atoms with Gasteiger partial charge in [-0.1, -0.05) is 25.2 Å². The van der Waals surface area contributed by atoms with E-state index in [-0.39, 0.29) is 36.1 Å². The summed E-state index contributed by atoms with van der Waals surface area (Å²) in [6.07, 6.45) is 6.87. The van der Waals surface area contributed by atoms with E-state index in [4.69, 9.17) is 9.47 Å². The van der Waals surface area contributed by atoms with Crippen molar-refractivity contribution in [3.63, 3.8) is 0 Å². The maximum atomic E-state index is 12.0. The van der Waals surface area contributed by atoms with Crippen molar-refractivity contribution in [1.82, 2.24) is 0 Å². The molecule has 3 heterocycles. The van der Waals surface area contributed by atoms with Crippen LogP contribution in [0.3, 0.4) is 0 Å². The van der Waals surface area contributed by atoms with Crippen LogP contribution in [0.15, 0.2) is 23.8 Å². The molecule has 3 aliphatic heterocycles. The molecule has 4 heteroatoms. The standard InChI is InChI=1S/C20H30O4/c1-12-7-5-9-13(2)17-18-15(14(3)19(21)24-18)11-16(23-17)20(4,22)10-6-8-12/h7,13,15-18,22H,3,5-6,8-11H2,1-2,4H3/b12-7+/t13-,15+,16+,17+,18-,20-/m1/s1. The minimum atomic E-state index is -0.895. The molecule has 0 spiro atoms. The minimum absolute atomic E-state index is 0.0320. The van der Waals surface area contributed by atoms with Gasteiger partial charge in [-0.15, -0.1) is 0 Å². The fourth-order valence-corrected chi connectivity index (χ4v) is 4.36. The van der Waals surface area contributed by atoms with Crippen LogP contribution < -0.4 is 0 Å². The van der Waals surface area contributed by atoms with E-state index in [2.05, 4.69) is 26.5 Å². The van der Waals surface area contributed by atoms with E-state index in [0.29, 0.717) is 18.4 Å². The summed E-state index contributed by atoms with van der Waals surface area (Å²) in [4.78, 5) is 12.0. The molecule has 0 aromatic carbocycles. The maximum Gasteiger partial charge on any atom is 0.334 e. The molecule has 0 aliphatic carbocycles. The van der Waals surface area contributed by atoms with Crippen LogP contribution in [0.25, 0.3) is 0 Å². The highest BCUT2D eigenvalue weighted by Gasteiger charge is 2.53. The Balaban J connectivity index is 1.90. The molecule has 134 valence electrons. The quantitative estimate of drug-likeness (QED) is 0.418. The first-order chi connectivity index (χ1) is 11.3. The molecule has 2 bridgehead atoms. The highest BCUT2D eigenvalue weighted by atomic mass is 16.6. The lowest BCUT2D eigenvalue weighted by atomic mass is 9.76. The van der Waals surface area contributed by atoms with Crippen LogP contribution in [0.2, 0.25) is 0 Å². The van der Waals surface area contributed by atoms with Gasteiger partial charge < -0.3 is 14.6 Å². The predicted octanol–water partition coefficient (Wildman–Crippen LogP) is 3.54. The van der Waals surface area contributed by atoms with E-state index in [0.717, 1.165) is 25.7 Å². The van der Waals surface area contributed by atoms with Crippen molar-refractivity contribution in [2.45, 2.75) is 83.2 Å². The zero-order chi connectivity index (χ0) is 17.5. The zero-order valence-corrected chi connectivity index (χ0v) is 15.1. The van der Waals surface area contributed by atoms with Gasteiger partial charge in [0, 0.05) is 11.5 Å². The highest BCUT2D eigenvalue weighted by molar-refractivity contribution is 5.90. The van der Waals surface area contributed by atoms with E-state index in [9.17, 15) is 9.90 Å². The molecule has 3 aliphatic rings. The van der Waals surface area contributed by atoms with Crippen LogP contribution in [0.1, 0.15) is 59.3 Å². The lowest BCUT2D eigenvalue weighted by Gasteiger charge is -2.45. The summed E-state index contributed by atoms with van der Waals surface area (Å²) >= 11 is 0. The number of hydrogen-bond donors (Lipinski definition) is 1. The number of esters is 1. The summed E-state index contributed by atoms with van der Waals surface area (Å²) in [5, 5.41) is 11.0. The molecular weight excluding hydrogens is 304 g/mol. The Hall–Kier alpha value is -1.13. The summed E-state index contributed by atoms with van der Waals surface area (Å²) in [5.74, 6) is -0.0696. The highest BCUT2D eigenvalue weighted by Crippen LogP contribution is 2.44. The summed E-state index contributed by atoms with van der Waals surface area (Å²) < 4.78 is 11.9. The normalized spacial score (nSPS) is 46.2. The second-order valence-corrected chi connectivity index (χ2v) is 8.14. The summed E-state index contributed by atoms with van der Waals surface area (Å²) in [6, 6.07) is 0. The number of allylic oxidation sites excluding steroid dienone is 2. The Kier molecular flexibility index (Phi) is 4.89. The molecule has 24 heavy (non-hydrogen) atoms. The second kappa shape index (κ2) is 6.64. The van der Waals surface area contributed by atoms with Crippen molar-refractivity contribution in [3.05, 3.63) is 23.8 Å². The van der Waals surface area contributed by atoms with E-state index in [1.54, 1.807) is 0 Å². The van der Waals surface area contributed by atoms with Crippen LogP contribution >= 0.6 is 0 Å². The smallest absolute Gasteiger partial charge is 0.334 e. The van der Waals surface area contributed by atoms with Crippen molar-refractivity contribution in [3.8, 4) is 0 Å². The predicted molar refractivity (Wildman–Crippen MR) is 92.4 cm³/mol. The lowest BCUT2D eigenvalue weighted by Crippen LogP contribution is -2.54. The molecule has 0 unspecified atom stereocenters. The molecular formula is C20H30O4. The van der Waals surface area contributed by atoms with E-state index in [1.165, 1.54) is 5.57 Å². The molecule has 4 nitrogen and oxygen atoms in total. The number of carbonyl (C=O) groups excluding carboxylic acids is 1. The molecule has 3 rings (SSSR count). The fourth-order valence-electron chi connectivity index (χ4n) is 4.36. The molecule has 1 N–H and O–H groups in total. The van der Waals surface area contributed by atoms with Crippen LogP contribution in [-0.2, 0) is 14.3 Å². The van der Waals surface area contributed by atoms with Gasteiger partial charge in [-0.2, -0.15) is 0 Å². The van der Waals surface area contributed by atoms with Crippen LogP contribution in [0.5, 0.6) is 0 Å². The molecule has 2 saturated heterocycles.